The largest absolute Gasteiger partial charge is 0.463 e. The number of urea groups is 1. The van der Waals surface area contributed by atoms with Crippen LogP contribution in [0, 0.1) is 0 Å². The van der Waals surface area contributed by atoms with Crippen LogP contribution < -0.4 is 26.4 Å². The van der Waals surface area contributed by atoms with Gasteiger partial charge in [-0.25, -0.2) is 4.79 Å². The van der Waals surface area contributed by atoms with Crippen LogP contribution in [0.4, 0.5) is 16.7 Å². The van der Waals surface area contributed by atoms with Crippen LogP contribution in [0.2, 0.25) is 0 Å². The van der Waals surface area contributed by atoms with E-state index in [1.54, 1.807) is 0 Å². The lowest BCUT2D eigenvalue weighted by molar-refractivity contribution is 0.249. The predicted molar refractivity (Wildman–Crippen MR) is 80.5 cm³/mol. The van der Waals surface area contributed by atoms with E-state index in [1.165, 1.54) is 0 Å². The van der Waals surface area contributed by atoms with Crippen LogP contribution in [0.15, 0.2) is 0 Å². The number of hydrogen-bond acceptors (Lipinski definition) is 7. The van der Waals surface area contributed by atoms with Crippen molar-refractivity contribution in [3.05, 3.63) is 0 Å². The van der Waals surface area contributed by atoms with Crippen molar-refractivity contribution < 1.29 is 9.53 Å². The molecule has 1 heterocycles. The van der Waals surface area contributed by atoms with Crippen LogP contribution in [0.25, 0.3) is 0 Å². The Labute approximate surface area is 124 Å². The molecule has 2 amide bonds. The van der Waals surface area contributed by atoms with Gasteiger partial charge in [0.05, 0.1) is 6.61 Å². The number of rotatable bonds is 10. The molecule has 0 spiro atoms. The van der Waals surface area contributed by atoms with E-state index in [9.17, 15) is 4.79 Å². The second-order valence-corrected chi connectivity index (χ2v) is 4.26. The number of carbonyl (C=O) groups is 1. The summed E-state index contributed by atoms with van der Waals surface area (Å²) < 4.78 is 5.43. The summed E-state index contributed by atoms with van der Waals surface area (Å²) in [6.07, 6.45) is 1.83. The minimum Gasteiger partial charge on any atom is -0.463 e. The van der Waals surface area contributed by atoms with Gasteiger partial charge in [-0.15, -0.1) is 0 Å². The van der Waals surface area contributed by atoms with Crippen molar-refractivity contribution in [2.24, 2.45) is 5.73 Å². The summed E-state index contributed by atoms with van der Waals surface area (Å²) in [5, 5.41) is 8.54. The second kappa shape index (κ2) is 9.56. The van der Waals surface area contributed by atoms with Crippen molar-refractivity contribution in [1.29, 1.82) is 0 Å². The molecular weight excluding hydrogens is 274 g/mol. The molecule has 0 atom stereocenters. The van der Waals surface area contributed by atoms with Crippen LogP contribution >= 0.6 is 0 Å². The standard InChI is InChI=1S/C12H23N7O2/c1-3-5-15-10-17-11(16-7-6-14-9(13)20)19-12(18-10)21-8-4-2/h3-8H2,1-2H3,(H3,13,14,20)(H2,15,16,17,18,19). The molecule has 118 valence electrons. The molecule has 0 radical (unpaired) electrons. The quantitative estimate of drug-likeness (QED) is 0.465. The van der Waals surface area contributed by atoms with E-state index in [0.717, 1.165) is 19.4 Å². The van der Waals surface area contributed by atoms with Crippen molar-refractivity contribution in [2.75, 3.05) is 36.9 Å². The van der Waals surface area contributed by atoms with Gasteiger partial charge >= 0.3 is 12.0 Å². The SMILES string of the molecule is CCCNc1nc(NCCNC(N)=O)nc(OCCC)n1. The Kier molecular flexibility index (Phi) is 7.62. The van der Waals surface area contributed by atoms with Gasteiger partial charge in [-0.2, -0.15) is 15.0 Å². The first kappa shape index (κ1) is 16.7. The highest BCUT2D eigenvalue weighted by atomic mass is 16.5. The van der Waals surface area contributed by atoms with Gasteiger partial charge in [0.15, 0.2) is 0 Å². The van der Waals surface area contributed by atoms with Crippen LogP contribution in [0.1, 0.15) is 26.7 Å². The molecule has 0 unspecified atom stereocenters. The maximum atomic E-state index is 10.6. The van der Waals surface area contributed by atoms with Gasteiger partial charge in [-0.05, 0) is 12.8 Å². The Bertz CT molecular complexity index is 415. The topological polar surface area (TPSA) is 127 Å². The van der Waals surface area contributed by atoms with Gasteiger partial charge < -0.3 is 26.4 Å². The van der Waals surface area contributed by atoms with E-state index in [0.29, 0.717) is 31.6 Å². The smallest absolute Gasteiger partial charge is 0.323 e. The highest BCUT2D eigenvalue weighted by Crippen LogP contribution is 2.11. The summed E-state index contributed by atoms with van der Waals surface area (Å²) >= 11 is 0. The zero-order valence-corrected chi connectivity index (χ0v) is 12.5. The summed E-state index contributed by atoms with van der Waals surface area (Å²) in [5.74, 6) is 0.851. The molecule has 0 aliphatic carbocycles. The molecule has 0 aromatic carbocycles. The number of aromatic nitrogens is 3. The molecule has 0 saturated carbocycles. The average molecular weight is 297 g/mol. The molecular formula is C12H23N7O2. The van der Waals surface area contributed by atoms with Gasteiger partial charge in [-0.3, -0.25) is 0 Å². The molecule has 0 saturated heterocycles. The molecule has 1 rings (SSSR count). The van der Waals surface area contributed by atoms with Crippen molar-refractivity contribution in [3.8, 4) is 6.01 Å². The number of nitrogens with two attached hydrogens (primary N) is 1. The van der Waals surface area contributed by atoms with E-state index >= 15 is 0 Å². The Morgan fingerprint density at radius 3 is 2.29 bits per heavy atom. The van der Waals surface area contributed by atoms with Crippen molar-refractivity contribution in [2.45, 2.75) is 26.7 Å². The lowest BCUT2D eigenvalue weighted by Crippen LogP contribution is -2.33. The number of nitrogens with zero attached hydrogens (tertiary/aromatic N) is 3. The van der Waals surface area contributed by atoms with Gasteiger partial charge in [0.2, 0.25) is 11.9 Å². The number of anilines is 2. The number of primary amides is 1. The van der Waals surface area contributed by atoms with Crippen molar-refractivity contribution in [1.82, 2.24) is 20.3 Å². The zero-order valence-electron chi connectivity index (χ0n) is 12.5. The summed E-state index contributed by atoms with van der Waals surface area (Å²) in [4.78, 5) is 23.1. The summed E-state index contributed by atoms with van der Waals surface area (Å²) in [6, 6.07) is -0.291. The number of nitrogens with one attached hydrogen (secondary N) is 3. The molecule has 1 aromatic rings. The Balaban J connectivity index is 2.63. The molecule has 9 heteroatoms. The van der Waals surface area contributed by atoms with Gasteiger partial charge in [-0.1, -0.05) is 13.8 Å². The lowest BCUT2D eigenvalue weighted by atomic mass is 10.5. The number of ether oxygens (including phenoxy) is 1. The third kappa shape index (κ3) is 7.14. The molecule has 1 aromatic heterocycles. The summed E-state index contributed by atoms with van der Waals surface area (Å²) in [6.45, 7) is 6.19. The lowest BCUT2D eigenvalue weighted by Gasteiger charge is -2.10. The molecule has 0 fully saturated rings. The predicted octanol–water partition coefficient (Wildman–Crippen LogP) is 0.562. The van der Waals surface area contributed by atoms with Crippen LogP contribution in [-0.2, 0) is 0 Å². The molecule has 0 bridgehead atoms. The monoisotopic (exact) mass is 297 g/mol. The molecule has 9 nitrogen and oxygen atoms in total. The summed E-state index contributed by atoms with van der Waals surface area (Å²) in [5.41, 5.74) is 4.98. The number of amides is 2. The number of carbonyl (C=O) groups excluding carboxylic acids is 1. The first-order valence-corrected chi connectivity index (χ1v) is 7.05. The third-order valence-electron chi connectivity index (χ3n) is 2.29. The fourth-order valence-corrected chi connectivity index (χ4v) is 1.37. The minimum absolute atomic E-state index is 0.274. The highest BCUT2D eigenvalue weighted by Gasteiger charge is 2.07. The average Bonchev–Trinajstić information content (AvgIpc) is 2.47. The van der Waals surface area contributed by atoms with E-state index < -0.39 is 6.03 Å². The van der Waals surface area contributed by atoms with Crippen LogP contribution in [-0.4, -0.2) is 47.2 Å². The van der Waals surface area contributed by atoms with Gasteiger partial charge in [0, 0.05) is 19.6 Å². The van der Waals surface area contributed by atoms with Crippen molar-refractivity contribution >= 4 is 17.9 Å². The third-order valence-corrected chi connectivity index (χ3v) is 2.29. The van der Waals surface area contributed by atoms with Crippen molar-refractivity contribution in [3.63, 3.8) is 0 Å². The Hall–Kier alpha value is -2.32. The molecule has 0 aliphatic rings. The van der Waals surface area contributed by atoms with Gasteiger partial charge in [0.1, 0.15) is 0 Å². The van der Waals surface area contributed by atoms with E-state index in [2.05, 4.69) is 37.8 Å². The molecule has 5 N–H and O–H groups in total. The first-order valence-electron chi connectivity index (χ1n) is 7.05. The summed E-state index contributed by atoms with van der Waals surface area (Å²) in [7, 11) is 0. The Morgan fingerprint density at radius 2 is 1.71 bits per heavy atom. The molecule has 21 heavy (non-hydrogen) atoms. The first-order chi connectivity index (χ1) is 10.2. The van der Waals surface area contributed by atoms with E-state index in [1.807, 2.05) is 6.92 Å². The fourth-order valence-electron chi connectivity index (χ4n) is 1.37. The van der Waals surface area contributed by atoms with E-state index in [4.69, 9.17) is 10.5 Å². The Morgan fingerprint density at radius 1 is 1.05 bits per heavy atom. The maximum Gasteiger partial charge on any atom is 0.323 e. The molecule has 0 aliphatic heterocycles. The normalized spacial score (nSPS) is 10.0. The highest BCUT2D eigenvalue weighted by molar-refractivity contribution is 5.71. The van der Waals surface area contributed by atoms with E-state index in [-0.39, 0.29) is 6.01 Å². The maximum absolute atomic E-state index is 10.6. The second-order valence-electron chi connectivity index (χ2n) is 4.26. The zero-order chi connectivity index (χ0) is 15.5. The minimum atomic E-state index is -0.565. The number of hydrogen-bond donors (Lipinski definition) is 4. The fraction of sp³-hybridized carbons (Fsp3) is 0.667. The van der Waals surface area contributed by atoms with Crippen LogP contribution in [0.5, 0.6) is 6.01 Å². The van der Waals surface area contributed by atoms with Crippen LogP contribution in [0.3, 0.4) is 0 Å². The van der Waals surface area contributed by atoms with Gasteiger partial charge in [0.25, 0.3) is 0 Å².